The molecule has 0 saturated heterocycles. The lowest BCUT2D eigenvalue weighted by Gasteiger charge is -2.27. The number of hydrogen-bond acceptors (Lipinski definition) is 2. The summed E-state index contributed by atoms with van der Waals surface area (Å²) < 4.78 is 31.7. The molecule has 0 spiro atoms. The topological polar surface area (TPSA) is 21.3 Å². The molecule has 0 radical (unpaired) electrons. The van der Waals surface area contributed by atoms with Crippen LogP contribution in [-0.4, -0.2) is 18.8 Å². The Morgan fingerprint density at radius 2 is 2.00 bits per heavy atom. The van der Waals surface area contributed by atoms with Gasteiger partial charge in [0.1, 0.15) is 0 Å². The van der Waals surface area contributed by atoms with Gasteiger partial charge in [-0.1, -0.05) is 6.07 Å². The summed E-state index contributed by atoms with van der Waals surface area (Å²) in [5, 5.41) is 2.95. The molecule has 1 rings (SSSR count). The van der Waals surface area contributed by atoms with E-state index in [0.29, 0.717) is 6.42 Å². The Hall–Kier alpha value is -1.16. The minimum Gasteiger partial charge on any atom is -0.380 e. The first-order chi connectivity index (χ1) is 7.85. The van der Waals surface area contributed by atoms with Crippen LogP contribution in [0.25, 0.3) is 0 Å². The van der Waals surface area contributed by atoms with Crippen molar-refractivity contribution in [3.63, 3.8) is 0 Å². The maximum Gasteiger partial charge on any atom is 0.181 e. The second-order valence-corrected chi connectivity index (χ2v) is 4.81. The van der Waals surface area contributed by atoms with Crippen LogP contribution in [0.3, 0.4) is 0 Å². The van der Waals surface area contributed by atoms with Crippen LogP contribution >= 0.6 is 0 Å². The highest BCUT2D eigenvalue weighted by molar-refractivity contribution is 5.45. The molecule has 0 fully saturated rings. The molecule has 17 heavy (non-hydrogen) atoms. The highest BCUT2D eigenvalue weighted by Gasteiger charge is 2.21. The van der Waals surface area contributed by atoms with E-state index in [-0.39, 0.29) is 17.3 Å². The Balaban J connectivity index is 2.68. The third-order valence-electron chi connectivity index (χ3n) is 2.70. The van der Waals surface area contributed by atoms with E-state index in [4.69, 9.17) is 4.74 Å². The van der Waals surface area contributed by atoms with Crippen molar-refractivity contribution < 1.29 is 13.5 Å². The number of benzene rings is 1. The van der Waals surface area contributed by atoms with E-state index in [2.05, 4.69) is 5.32 Å². The van der Waals surface area contributed by atoms with Gasteiger partial charge in [-0.3, -0.25) is 0 Å². The summed E-state index contributed by atoms with van der Waals surface area (Å²) in [6.45, 7) is 5.81. The van der Waals surface area contributed by atoms with E-state index >= 15 is 0 Å². The summed E-state index contributed by atoms with van der Waals surface area (Å²) in [7, 11) is 1.63. The van der Waals surface area contributed by atoms with E-state index in [1.807, 2.05) is 20.8 Å². The predicted molar refractivity (Wildman–Crippen MR) is 65.1 cm³/mol. The van der Waals surface area contributed by atoms with Crippen molar-refractivity contribution in [1.82, 2.24) is 0 Å². The van der Waals surface area contributed by atoms with E-state index in [0.717, 1.165) is 6.07 Å². The molecule has 0 aromatic heterocycles. The fourth-order valence-corrected chi connectivity index (χ4v) is 1.75. The highest BCUT2D eigenvalue weighted by Crippen LogP contribution is 2.21. The smallest absolute Gasteiger partial charge is 0.181 e. The van der Waals surface area contributed by atoms with Crippen molar-refractivity contribution in [2.75, 3.05) is 12.4 Å². The third-order valence-corrected chi connectivity index (χ3v) is 2.70. The Kier molecular flexibility index (Phi) is 4.46. The predicted octanol–water partition coefficient (Wildman–Crippen LogP) is 3.58. The lowest BCUT2D eigenvalue weighted by Crippen LogP contribution is -2.31. The van der Waals surface area contributed by atoms with E-state index < -0.39 is 11.6 Å². The maximum atomic E-state index is 13.4. The van der Waals surface area contributed by atoms with Crippen LogP contribution in [0.5, 0.6) is 0 Å². The van der Waals surface area contributed by atoms with Crippen LogP contribution in [0.15, 0.2) is 18.2 Å². The Morgan fingerprint density at radius 1 is 1.35 bits per heavy atom. The number of hydrogen-bond donors (Lipinski definition) is 1. The molecule has 96 valence electrons. The van der Waals surface area contributed by atoms with E-state index in [9.17, 15) is 8.78 Å². The highest BCUT2D eigenvalue weighted by atomic mass is 19.2. The zero-order chi connectivity index (χ0) is 13.1. The second-order valence-electron chi connectivity index (χ2n) is 4.81. The standard InChI is InChI=1S/C13H19F2NO/c1-9(8-13(2,3)17-4)16-11-7-5-6-10(14)12(11)15/h5-7,9,16H,8H2,1-4H3. The molecule has 1 aromatic rings. The van der Waals surface area contributed by atoms with Crippen molar-refractivity contribution in [2.24, 2.45) is 0 Å². The molecule has 0 saturated carbocycles. The number of halogens is 2. The molecule has 1 aromatic carbocycles. The van der Waals surface area contributed by atoms with Crippen LogP contribution in [0.1, 0.15) is 27.2 Å². The van der Waals surface area contributed by atoms with E-state index in [1.54, 1.807) is 7.11 Å². The second kappa shape index (κ2) is 5.45. The quantitative estimate of drug-likeness (QED) is 0.853. The average Bonchev–Trinajstić information content (AvgIpc) is 2.24. The molecule has 2 nitrogen and oxygen atoms in total. The molecule has 4 heteroatoms. The van der Waals surface area contributed by atoms with Crippen LogP contribution in [0.4, 0.5) is 14.5 Å². The summed E-state index contributed by atoms with van der Waals surface area (Å²) in [4.78, 5) is 0. The molecule has 0 heterocycles. The molecular weight excluding hydrogens is 224 g/mol. The normalized spacial score (nSPS) is 13.5. The number of nitrogens with one attached hydrogen (secondary N) is 1. The largest absolute Gasteiger partial charge is 0.380 e. The first-order valence-electron chi connectivity index (χ1n) is 5.61. The Labute approximate surface area is 101 Å². The van der Waals surface area contributed by atoms with Gasteiger partial charge in [0, 0.05) is 13.2 Å². The Bertz CT molecular complexity index is 380. The van der Waals surface area contributed by atoms with E-state index in [1.165, 1.54) is 12.1 Å². The summed E-state index contributed by atoms with van der Waals surface area (Å²) >= 11 is 0. The number of ether oxygens (including phenoxy) is 1. The molecule has 0 aliphatic heterocycles. The zero-order valence-electron chi connectivity index (χ0n) is 10.7. The summed E-state index contributed by atoms with van der Waals surface area (Å²) in [5.74, 6) is -1.68. The monoisotopic (exact) mass is 243 g/mol. The lowest BCUT2D eigenvalue weighted by molar-refractivity contribution is 0.0127. The minimum absolute atomic E-state index is 0.0127. The van der Waals surface area contributed by atoms with Crippen LogP contribution in [0.2, 0.25) is 0 Å². The lowest BCUT2D eigenvalue weighted by atomic mass is 9.99. The first-order valence-corrected chi connectivity index (χ1v) is 5.61. The zero-order valence-corrected chi connectivity index (χ0v) is 10.7. The van der Waals surface area contributed by atoms with Crippen molar-refractivity contribution in [3.8, 4) is 0 Å². The number of anilines is 1. The SMILES string of the molecule is COC(C)(C)CC(C)Nc1cccc(F)c1F. The van der Waals surface area contributed by atoms with Crippen LogP contribution < -0.4 is 5.32 Å². The van der Waals surface area contributed by atoms with Gasteiger partial charge in [-0.25, -0.2) is 8.78 Å². The van der Waals surface area contributed by atoms with Gasteiger partial charge in [-0.2, -0.15) is 0 Å². The van der Waals surface area contributed by atoms with Crippen molar-refractivity contribution >= 4 is 5.69 Å². The average molecular weight is 243 g/mol. The van der Waals surface area contributed by atoms with Crippen molar-refractivity contribution in [1.29, 1.82) is 0 Å². The number of methoxy groups -OCH3 is 1. The van der Waals surface area contributed by atoms with Crippen LogP contribution in [-0.2, 0) is 4.74 Å². The van der Waals surface area contributed by atoms with Crippen molar-refractivity contribution in [2.45, 2.75) is 38.8 Å². The van der Waals surface area contributed by atoms with Gasteiger partial charge < -0.3 is 10.1 Å². The van der Waals surface area contributed by atoms with Gasteiger partial charge in [0.15, 0.2) is 11.6 Å². The molecule has 0 aliphatic rings. The van der Waals surface area contributed by atoms with Gasteiger partial charge in [-0.05, 0) is 39.3 Å². The summed E-state index contributed by atoms with van der Waals surface area (Å²) in [6.07, 6.45) is 0.694. The molecule has 1 atom stereocenters. The van der Waals surface area contributed by atoms with Gasteiger partial charge in [0.25, 0.3) is 0 Å². The minimum atomic E-state index is -0.840. The van der Waals surface area contributed by atoms with Gasteiger partial charge >= 0.3 is 0 Å². The first kappa shape index (κ1) is 13.9. The molecule has 0 amide bonds. The van der Waals surface area contributed by atoms with Crippen LogP contribution in [0, 0.1) is 11.6 Å². The molecule has 0 bridgehead atoms. The van der Waals surface area contributed by atoms with Gasteiger partial charge in [0.05, 0.1) is 11.3 Å². The fraction of sp³-hybridized carbons (Fsp3) is 0.538. The van der Waals surface area contributed by atoms with Gasteiger partial charge in [-0.15, -0.1) is 0 Å². The molecular formula is C13H19F2NO. The summed E-state index contributed by atoms with van der Waals surface area (Å²) in [6, 6.07) is 4.09. The third kappa shape index (κ3) is 3.97. The number of rotatable bonds is 5. The van der Waals surface area contributed by atoms with Gasteiger partial charge in [0.2, 0.25) is 0 Å². The molecule has 1 N–H and O–H groups in total. The molecule has 0 aliphatic carbocycles. The maximum absolute atomic E-state index is 13.4. The Morgan fingerprint density at radius 3 is 2.59 bits per heavy atom. The fourth-order valence-electron chi connectivity index (χ4n) is 1.75. The molecule has 1 unspecified atom stereocenters. The summed E-state index contributed by atoms with van der Waals surface area (Å²) in [5.41, 5.74) is -0.111. The van der Waals surface area contributed by atoms with Crippen molar-refractivity contribution in [3.05, 3.63) is 29.8 Å².